The summed E-state index contributed by atoms with van der Waals surface area (Å²) in [6, 6.07) is 17.2. The maximum Gasteiger partial charge on any atom is 0.297 e. The number of piperidine rings is 2. The van der Waals surface area contributed by atoms with Crippen LogP contribution in [0.5, 0.6) is 17.4 Å². The van der Waals surface area contributed by atoms with Gasteiger partial charge in [-0.25, -0.2) is 8.42 Å². The van der Waals surface area contributed by atoms with E-state index in [1.807, 2.05) is 49.9 Å². The summed E-state index contributed by atoms with van der Waals surface area (Å²) in [6.45, 7) is 11.4. The van der Waals surface area contributed by atoms with E-state index >= 15 is 8.42 Å². The lowest BCUT2D eigenvalue weighted by atomic mass is 9.59. The van der Waals surface area contributed by atoms with Gasteiger partial charge in [-0.05, 0) is 101 Å². The number of nitrogens with two attached hydrogens (primary N) is 1. The number of pyridine rings is 1. The Bertz CT molecular complexity index is 3160. The fraction of sp³-hybridized carbons (Fsp3) is 0.527. The molecule has 8 heterocycles. The number of H-pyrrole nitrogens is 1. The van der Waals surface area contributed by atoms with Gasteiger partial charge in [0.15, 0.2) is 11.4 Å². The molecule has 7 aliphatic rings. The molecule has 0 radical (unpaired) electrons. The molecule has 21 heteroatoms. The van der Waals surface area contributed by atoms with Gasteiger partial charge in [0.05, 0.1) is 76.4 Å². The number of primary amides is 1. The highest BCUT2D eigenvalue weighted by Crippen LogP contribution is 2.56. The van der Waals surface area contributed by atoms with E-state index in [0.717, 1.165) is 55.0 Å². The van der Waals surface area contributed by atoms with Crippen molar-refractivity contribution in [3.8, 4) is 17.4 Å². The highest BCUT2D eigenvalue weighted by atomic mass is 32.2. The molecule has 1 amide bonds. The highest BCUT2D eigenvalue weighted by molar-refractivity contribution is 7.91. The number of amides is 1. The smallest absolute Gasteiger partial charge is 0.297 e. The summed E-state index contributed by atoms with van der Waals surface area (Å²) in [5, 5.41) is 27.7. The molecule has 5 fully saturated rings. The Morgan fingerprint density at radius 3 is 2.51 bits per heavy atom. The Morgan fingerprint density at radius 2 is 1.75 bits per heavy atom. The molecule has 1 saturated carbocycles. The van der Waals surface area contributed by atoms with E-state index in [-0.39, 0.29) is 75.2 Å². The van der Waals surface area contributed by atoms with Crippen molar-refractivity contribution in [2.45, 2.75) is 117 Å². The Balaban J connectivity index is 0.921. The maximum atomic E-state index is 16.2. The number of nitro benzene ring substituents is 1. The Morgan fingerprint density at radius 1 is 0.974 bits per heavy atom. The van der Waals surface area contributed by atoms with E-state index in [4.69, 9.17) is 34.4 Å². The topological polar surface area (TPSA) is 240 Å². The lowest BCUT2D eigenvalue weighted by Crippen LogP contribution is -2.58. The number of nitro groups is 1. The number of fused-ring (bicyclic) bond motifs is 4. The molecule has 5 aromatic rings. The van der Waals surface area contributed by atoms with Crippen LogP contribution in [0, 0.1) is 15.5 Å². The van der Waals surface area contributed by atoms with E-state index in [2.05, 4.69) is 37.1 Å². The number of para-hydroxylation sites is 1. The molecule has 0 unspecified atom stereocenters. The molecule has 20 nitrogen and oxygen atoms in total. The number of hydrogen-bond acceptors (Lipinski definition) is 17. The number of nitrogens with one attached hydrogen (secondary N) is 2. The second-order valence-electron chi connectivity index (χ2n) is 22.5. The number of anilines is 4. The second kappa shape index (κ2) is 19.7. The first-order valence-electron chi connectivity index (χ1n) is 26.8. The number of hydrogen-bond donors (Lipinski definition) is 4. The Kier molecular flexibility index (Phi) is 13.1. The number of carbonyl (C=O) groups is 1. The third-order valence-corrected chi connectivity index (χ3v) is 18.8. The van der Waals surface area contributed by atoms with Crippen LogP contribution in [0.1, 0.15) is 87.7 Å². The van der Waals surface area contributed by atoms with Crippen molar-refractivity contribution in [2.24, 2.45) is 11.1 Å². The number of carbonyl (C=O) groups excluding carboxylic acids is 1. The molecule has 76 heavy (non-hydrogen) atoms. The number of rotatable bonds is 12. The lowest BCUT2D eigenvalue weighted by Gasteiger charge is -2.57. The zero-order valence-corrected chi connectivity index (χ0v) is 44.1. The molecule has 4 saturated heterocycles. The maximum absolute atomic E-state index is 16.2. The average molecular weight is 1060 g/mol. The van der Waals surface area contributed by atoms with Gasteiger partial charge in [0, 0.05) is 81.2 Å². The molecule has 404 valence electrons. The van der Waals surface area contributed by atoms with Crippen molar-refractivity contribution in [1.29, 1.82) is 0 Å². The molecule has 6 aliphatic heterocycles. The monoisotopic (exact) mass is 1060 g/mol. The number of aliphatic hydroxyl groups is 1. The quantitative estimate of drug-likeness (QED) is 0.0749. The minimum atomic E-state index is -4.81. The van der Waals surface area contributed by atoms with Gasteiger partial charge in [0.2, 0.25) is 15.7 Å². The number of aromatic amines is 1. The van der Waals surface area contributed by atoms with Gasteiger partial charge in [0.1, 0.15) is 34.7 Å². The zero-order valence-electron chi connectivity index (χ0n) is 43.2. The predicted molar refractivity (Wildman–Crippen MR) is 284 cm³/mol. The van der Waals surface area contributed by atoms with Gasteiger partial charge in [-0.3, -0.25) is 19.8 Å². The first-order valence-corrected chi connectivity index (χ1v) is 28.3. The molecule has 1 aliphatic carbocycles. The minimum absolute atomic E-state index is 0.0216. The van der Waals surface area contributed by atoms with Crippen LogP contribution in [-0.2, 0) is 19.3 Å². The van der Waals surface area contributed by atoms with Crippen molar-refractivity contribution in [3.63, 3.8) is 0 Å². The third-order valence-electron chi connectivity index (χ3n) is 17.0. The molecule has 2 aromatic heterocycles. The van der Waals surface area contributed by atoms with Crippen LogP contribution in [-0.4, -0.2) is 152 Å². The Labute approximate surface area is 441 Å². The summed E-state index contributed by atoms with van der Waals surface area (Å²) in [6.07, 6.45) is 6.30. The van der Waals surface area contributed by atoms with Crippen LogP contribution in [0.25, 0.3) is 11.0 Å². The summed E-state index contributed by atoms with van der Waals surface area (Å²) in [5.74, 6) is 0.267. The molecule has 3 aromatic carbocycles. The van der Waals surface area contributed by atoms with Crippen LogP contribution in [0.3, 0.4) is 0 Å². The molecular formula is C55H67N9O11S. The number of sulfone groups is 1. The minimum Gasteiger partial charge on any atom is -0.491 e. The Hall–Kier alpha value is -6.23. The largest absolute Gasteiger partial charge is 0.491 e. The van der Waals surface area contributed by atoms with Gasteiger partial charge in [0.25, 0.3) is 11.6 Å². The van der Waals surface area contributed by atoms with E-state index < -0.39 is 44.1 Å². The number of nitrogens with zero attached hydrogens (tertiary/aromatic N) is 6. The van der Waals surface area contributed by atoms with Crippen LogP contribution in [0.15, 0.2) is 76.7 Å². The van der Waals surface area contributed by atoms with Crippen LogP contribution in [0.4, 0.5) is 28.4 Å². The van der Waals surface area contributed by atoms with Crippen molar-refractivity contribution >= 4 is 55.2 Å². The number of ether oxygens (including phenoxy) is 5. The van der Waals surface area contributed by atoms with E-state index in [9.17, 15) is 20.0 Å². The fourth-order valence-electron chi connectivity index (χ4n) is 13.0. The summed E-state index contributed by atoms with van der Waals surface area (Å²) in [4.78, 5) is 42.6. The number of benzene rings is 3. The van der Waals surface area contributed by atoms with Crippen LogP contribution >= 0.6 is 0 Å². The zero-order chi connectivity index (χ0) is 52.7. The van der Waals surface area contributed by atoms with E-state index in [0.29, 0.717) is 94.9 Å². The summed E-state index contributed by atoms with van der Waals surface area (Å²) >= 11 is 0. The van der Waals surface area contributed by atoms with E-state index in [1.54, 1.807) is 18.3 Å². The second-order valence-corrected chi connectivity index (χ2v) is 24.4. The first-order chi connectivity index (χ1) is 36.5. The predicted octanol–water partition coefficient (Wildman–Crippen LogP) is 6.72. The van der Waals surface area contributed by atoms with E-state index in [1.165, 1.54) is 6.07 Å². The van der Waals surface area contributed by atoms with Gasteiger partial charge >= 0.3 is 0 Å². The number of morpholine rings is 1. The van der Waals surface area contributed by atoms with Crippen LogP contribution in [0.2, 0.25) is 0 Å². The lowest BCUT2D eigenvalue weighted by molar-refractivity contribution is -0.384. The van der Waals surface area contributed by atoms with Gasteiger partial charge in [-0.15, -0.1) is 0 Å². The molecule has 4 atom stereocenters. The van der Waals surface area contributed by atoms with Gasteiger partial charge in [-0.1, -0.05) is 18.2 Å². The van der Waals surface area contributed by atoms with Crippen molar-refractivity contribution in [3.05, 3.63) is 88.1 Å². The molecule has 12 rings (SSSR count). The third kappa shape index (κ3) is 9.25. The SMILES string of the molecule is CC(C)Oc1ccccc1[C@@H]1COCCN1C1CC2(CCN(c3ccc(C(N)=O)c(N4c5cc6cc[nH]c6nc5O[C@H]5COCC[C@@H]54)c3S(=O)(=O)c3cc4c(c([N+](=O)[O-])c3)N[C@@H](CN3CCC(C)(O)CC3)CO4)CC2)C1. The molecular weight excluding hydrogens is 995 g/mol. The number of aromatic nitrogens is 2. The van der Waals surface area contributed by atoms with Gasteiger partial charge < -0.3 is 59.5 Å². The number of likely N-dealkylation sites (tertiary alicyclic amines) is 1. The fourth-order valence-corrected chi connectivity index (χ4v) is 14.7. The van der Waals surface area contributed by atoms with Crippen molar-refractivity contribution in [2.75, 3.05) is 87.4 Å². The standard InChI is InChI=1S/C55H67N9O11S/c1-33(2)74-45-7-5-4-6-38(45)44-31-72-23-21-62(44)36-27-55(28-36)14-19-61(20-15-55)41-9-8-39(51(56)65)49(63-40-11-22-71-32-47(40)75-53-43(63)24-34-10-16-57-52(34)59-53)50(41)76(69,70)37-25-42(64(67)68)48-46(26-37)73-30-35(58-48)29-60-17-12-54(3,66)13-18-60/h4-10,16,24-26,33,35-36,40,44,47,58,66H,11-15,17-23,27-32H2,1-3H3,(H2,56,65)(H,57,59)/t35-,40-,44-,47-/m0/s1. The molecule has 5 N–H and O–H groups in total. The average Bonchev–Trinajstić information content (AvgIpc) is 3.99. The highest BCUT2D eigenvalue weighted by Gasteiger charge is 2.51. The summed E-state index contributed by atoms with van der Waals surface area (Å²) < 4.78 is 63.6. The normalized spacial score (nSPS) is 24.6. The van der Waals surface area contributed by atoms with Crippen molar-refractivity contribution < 1.29 is 46.9 Å². The summed E-state index contributed by atoms with van der Waals surface area (Å²) in [7, 11) is -4.81. The van der Waals surface area contributed by atoms with Crippen molar-refractivity contribution in [1.82, 2.24) is 19.8 Å². The first kappa shape index (κ1) is 50.6. The molecule has 0 bridgehead atoms. The van der Waals surface area contributed by atoms with Crippen LogP contribution < -0.4 is 35.1 Å². The van der Waals surface area contributed by atoms with Gasteiger partial charge in [-0.2, -0.15) is 4.98 Å². The molecule has 1 spiro atoms. The summed E-state index contributed by atoms with van der Waals surface area (Å²) in [5.41, 5.74) is 7.70.